The number of nitrogens with zero attached hydrogens (tertiary/aromatic N) is 2. The highest BCUT2D eigenvalue weighted by molar-refractivity contribution is 7.91. The number of carbonyl (C=O) groups excluding carboxylic acids is 2. The number of fused-ring (bicyclic) bond motifs is 1. The summed E-state index contributed by atoms with van der Waals surface area (Å²) in [5.41, 5.74) is 0.151. The third-order valence-corrected chi connectivity index (χ3v) is 6.66. The van der Waals surface area contributed by atoms with E-state index in [1.165, 1.54) is 30.5 Å². The number of hydrogen-bond acceptors (Lipinski definition) is 7. The Morgan fingerprint density at radius 1 is 1.28 bits per heavy atom. The number of nitrogens with one attached hydrogen (secondary N) is 1. The van der Waals surface area contributed by atoms with Crippen LogP contribution in [0, 0.1) is 6.92 Å². The average molecular weight is 415 g/mol. The zero-order chi connectivity index (χ0) is 20.6. The molecule has 1 unspecified atom stereocenters. The predicted octanol–water partition coefficient (Wildman–Crippen LogP) is 2.47. The molecule has 0 spiro atoms. The molecule has 0 aliphatic carbocycles. The molecular weight excluding hydrogens is 398 g/mol. The van der Waals surface area contributed by atoms with E-state index in [1.807, 2.05) is 0 Å². The van der Waals surface area contributed by atoms with Gasteiger partial charge in [0.25, 0.3) is 0 Å². The van der Waals surface area contributed by atoms with Gasteiger partial charge in [-0.05, 0) is 31.2 Å². The minimum absolute atomic E-state index is 0.0302. The van der Waals surface area contributed by atoms with Gasteiger partial charge >= 0.3 is 0 Å². The van der Waals surface area contributed by atoms with Crippen LogP contribution in [0.15, 0.2) is 62.6 Å². The highest BCUT2D eigenvalue weighted by atomic mass is 32.2. The summed E-state index contributed by atoms with van der Waals surface area (Å²) in [6.45, 7) is 1.30. The Morgan fingerprint density at radius 2 is 2.07 bits per heavy atom. The van der Waals surface area contributed by atoms with Crippen molar-refractivity contribution in [3.63, 3.8) is 0 Å². The van der Waals surface area contributed by atoms with E-state index >= 15 is 0 Å². The van der Waals surface area contributed by atoms with Gasteiger partial charge < -0.3 is 19.2 Å². The number of sulfone groups is 1. The molecule has 3 heterocycles. The largest absolute Gasteiger partial charge is 0.468 e. The first-order valence-electron chi connectivity index (χ1n) is 8.76. The molecule has 0 saturated heterocycles. The first kappa shape index (κ1) is 18.9. The molecule has 10 heteroatoms. The smallest absolute Gasteiger partial charge is 0.245 e. The SMILES string of the molecule is Cc1cc(NC(=O)CN2C(=O)CC(c3ccco3)S(=O)(=O)c3ccccc32)no1. The van der Waals surface area contributed by atoms with Gasteiger partial charge in [0, 0.05) is 6.07 Å². The molecular formula is C19H17N3O6S. The Labute approximate surface area is 166 Å². The number of aryl methyl sites for hydroxylation is 1. The highest BCUT2D eigenvalue weighted by Crippen LogP contribution is 2.40. The number of hydrogen-bond donors (Lipinski definition) is 1. The molecule has 2 aromatic heterocycles. The molecule has 1 atom stereocenters. The molecule has 2 amide bonds. The lowest BCUT2D eigenvalue weighted by molar-refractivity contribution is -0.121. The van der Waals surface area contributed by atoms with Gasteiger partial charge in [-0.25, -0.2) is 8.42 Å². The lowest BCUT2D eigenvalue weighted by Gasteiger charge is -2.21. The van der Waals surface area contributed by atoms with Crippen LogP contribution in [0.4, 0.5) is 11.5 Å². The zero-order valence-corrected chi connectivity index (χ0v) is 16.2. The topological polar surface area (TPSA) is 123 Å². The predicted molar refractivity (Wildman–Crippen MR) is 102 cm³/mol. The van der Waals surface area contributed by atoms with E-state index in [1.54, 1.807) is 25.1 Å². The second kappa shape index (κ2) is 7.21. The number of benzene rings is 1. The molecule has 1 aromatic carbocycles. The van der Waals surface area contributed by atoms with E-state index in [0.717, 1.165) is 4.90 Å². The molecule has 1 aliphatic heterocycles. The van der Waals surface area contributed by atoms with Gasteiger partial charge in [0.1, 0.15) is 23.3 Å². The van der Waals surface area contributed by atoms with Crippen molar-refractivity contribution in [3.8, 4) is 0 Å². The van der Waals surface area contributed by atoms with Crippen LogP contribution in [-0.4, -0.2) is 31.9 Å². The number of furan rings is 1. The molecule has 0 bridgehead atoms. The van der Waals surface area contributed by atoms with Crippen LogP contribution < -0.4 is 10.2 Å². The van der Waals surface area contributed by atoms with Crippen molar-refractivity contribution in [2.24, 2.45) is 0 Å². The van der Waals surface area contributed by atoms with Crippen LogP contribution in [0.25, 0.3) is 0 Å². The average Bonchev–Trinajstić information content (AvgIpc) is 3.34. The van der Waals surface area contributed by atoms with Gasteiger partial charge in [-0.3, -0.25) is 9.59 Å². The number of rotatable bonds is 4. The summed E-state index contributed by atoms with van der Waals surface area (Å²) in [6, 6.07) is 10.7. The molecule has 4 rings (SSSR count). The Bertz CT molecular complexity index is 1170. The number of carbonyl (C=O) groups is 2. The number of para-hydroxylation sites is 1. The Morgan fingerprint density at radius 3 is 2.76 bits per heavy atom. The van der Waals surface area contributed by atoms with Gasteiger partial charge in [-0.1, -0.05) is 17.3 Å². The summed E-state index contributed by atoms with van der Waals surface area (Å²) in [7, 11) is -3.91. The molecule has 0 saturated carbocycles. The molecule has 0 fully saturated rings. The summed E-state index contributed by atoms with van der Waals surface area (Å²) in [6.07, 6.45) is 1.01. The van der Waals surface area contributed by atoms with Crippen LogP contribution in [0.2, 0.25) is 0 Å². The summed E-state index contributed by atoms with van der Waals surface area (Å²) in [4.78, 5) is 26.6. The Kier molecular flexibility index (Phi) is 4.71. The molecule has 0 radical (unpaired) electrons. The van der Waals surface area contributed by atoms with Gasteiger partial charge in [-0.15, -0.1) is 0 Å². The third kappa shape index (κ3) is 3.54. The van der Waals surface area contributed by atoms with Gasteiger partial charge in [-0.2, -0.15) is 0 Å². The lowest BCUT2D eigenvalue weighted by atomic mass is 10.2. The maximum Gasteiger partial charge on any atom is 0.245 e. The van der Waals surface area contributed by atoms with Crippen molar-refractivity contribution in [1.29, 1.82) is 0 Å². The zero-order valence-electron chi connectivity index (χ0n) is 15.4. The van der Waals surface area contributed by atoms with E-state index < -0.39 is 26.9 Å². The van der Waals surface area contributed by atoms with E-state index in [-0.39, 0.29) is 35.1 Å². The summed E-state index contributed by atoms with van der Waals surface area (Å²) in [5, 5.41) is 5.05. The molecule has 1 N–H and O–H groups in total. The standard InChI is InChI=1S/C19H17N3O6S/c1-12-9-17(21-28-12)20-18(23)11-22-13-5-2-3-7-15(13)29(25,26)16(10-19(22)24)14-6-4-8-27-14/h2-9,16H,10-11H2,1H3,(H,20,21,23). The minimum Gasteiger partial charge on any atom is -0.468 e. The number of anilines is 2. The molecule has 150 valence electrons. The highest BCUT2D eigenvalue weighted by Gasteiger charge is 2.41. The molecule has 1 aliphatic rings. The van der Waals surface area contributed by atoms with Crippen molar-refractivity contribution >= 4 is 33.2 Å². The molecule has 3 aromatic rings. The van der Waals surface area contributed by atoms with Gasteiger partial charge in [0.2, 0.25) is 11.8 Å². The second-order valence-corrected chi connectivity index (χ2v) is 8.67. The summed E-state index contributed by atoms with van der Waals surface area (Å²) >= 11 is 0. The van der Waals surface area contributed by atoms with Crippen molar-refractivity contribution in [2.45, 2.75) is 23.5 Å². The normalized spacial score (nSPS) is 18.2. The first-order chi connectivity index (χ1) is 13.9. The molecule has 9 nitrogen and oxygen atoms in total. The van der Waals surface area contributed by atoms with E-state index in [4.69, 9.17) is 8.94 Å². The minimum atomic E-state index is -3.91. The van der Waals surface area contributed by atoms with Gasteiger partial charge in [0.15, 0.2) is 15.7 Å². The first-order valence-corrected chi connectivity index (χ1v) is 10.3. The van der Waals surface area contributed by atoms with Crippen molar-refractivity contribution in [1.82, 2.24) is 5.16 Å². The van der Waals surface area contributed by atoms with Crippen molar-refractivity contribution in [3.05, 3.63) is 60.2 Å². The van der Waals surface area contributed by atoms with Crippen LogP contribution in [0.5, 0.6) is 0 Å². The van der Waals surface area contributed by atoms with Crippen LogP contribution in [0.3, 0.4) is 0 Å². The quantitative estimate of drug-likeness (QED) is 0.694. The fourth-order valence-corrected chi connectivity index (χ4v) is 5.09. The fraction of sp³-hybridized carbons (Fsp3) is 0.211. The van der Waals surface area contributed by atoms with Gasteiger partial charge in [0.05, 0.1) is 23.3 Å². The van der Waals surface area contributed by atoms with Crippen LogP contribution >= 0.6 is 0 Å². The fourth-order valence-electron chi connectivity index (χ4n) is 3.24. The Hall–Kier alpha value is -3.40. The van der Waals surface area contributed by atoms with E-state index in [2.05, 4.69) is 10.5 Å². The van der Waals surface area contributed by atoms with Crippen LogP contribution in [-0.2, 0) is 19.4 Å². The number of amides is 2. The van der Waals surface area contributed by atoms with E-state index in [9.17, 15) is 18.0 Å². The maximum absolute atomic E-state index is 13.2. The summed E-state index contributed by atoms with van der Waals surface area (Å²) < 4.78 is 36.6. The monoisotopic (exact) mass is 415 g/mol. The van der Waals surface area contributed by atoms with Crippen LogP contribution in [0.1, 0.15) is 23.2 Å². The molecule has 29 heavy (non-hydrogen) atoms. The number of aromatic nitrogens is 1. The van der Waals surface area contributed by atoms with Crippen molar-refractivity contribution < 1.29 is 26.9 Å². The second-order valence-electron chi connectivity index (χ2n) is 6.57. The summed E-state index contributed by atoms with van der Waals surface area (Å²) in [5.74, 6) is -0.132. The maximum atomic E-state index is 13.2. The van der Waals surface area contributed by atoms with E-state index in [0.29, 0.717) is 5.76 Å². The third-order valence-electron chi connectivity index (χ3n) is 4.56. The van der Waals surface area contributed by atoms with Crippen molar-refractivity contribution in [2.75, 3.05) is 16.8 Å². The lowest BCUT2D eigenvalue weighted by Crippen LogP contribution is -2.38. The Balaban J connectivity index is 1.70.